The first kappa shape index (κ1) is 13.4. The van der Waals surface area contributed by atoms with Crippen LogP contribution >= 0.6 is 0 Å². The summed E-state index contributed by atoms with van der Waals surface area (Å²) >= 11 is 0. The summed E-state index contributed by atoms with van der Waals surface area (Å²) < 4.78 is 5.81. The maximum absolute atomic E-state index is 11.8. The van der Waals surface area contributed by atoms with Gasteiger partial charge < -0.3 is 15.4 Å². The van der Waals surface area contributed by atoms with Gasteiger partial charge in [-0.1, -0.05) is 12.1 Å². The van der Waals surface area contributed by atoms with Gasteiger partial charge in [-0.3, -0.25) is 4.79 Å². The highest BCUT2D eigenvalue weighted by Gasteiger charge is 2.22. The lowest BCUT2D eigenvalue weighted by Gasteiger charge is -2.16. The first-order valence-electron chi connectivity index (χ1n) is 7.58. The number of carbonyl (C=O) groups excluding carboxylic acids is 1. The fourth-order valence-electron chi connectivity index (χ4n) is 2.42. The van der Waals surface area contributed by atoms with Crippen LogP contribution in [0, 0.1) is 0 Å². The van der Waals surface area contributed by atoms with E-state index in [9.17, 15) is 4.79 Å². The Bertz CT molecular complexity index is 454. The van der Waals surface area contributed by atoms with Gasteiger partial charge in [0.2, 0.25) is 0 Å². The van der Waals surface area contributed by atoms with Gasteiger partial charge in [-0.25, -0.2) is 0 Å². The first-order chi connectivity index (χ1) is 9.81. The number of benzene rings is 1. The minimum atomic E-state index is -0.340. The molecule has 0 radical (unpaired) electrons. The quantitative estimate of drug-likeness (QED) is 0.863. The second-order valence-electron chi connectivity index (χ2n) is 5.69. The Morgan fingerprint density at radius 2 is 1.95 bits per heavy atom. The fraction of sp³-hybridized carbons (Fsp3) is 0.562. The van der Waals surface area contributed by atoms with E-state index < -0.39 is 0 Å². The molecule has 3 rings (SSSR count). The van der Waals surface area contributed by atoms with Crippen LogP contribution in [-0.4, -0.2) is 24.6 Å². The number of nitrogens with one attached hydrogen (secondary N) is 2. The van der Waals surface area contributed by atoms with Gasteiger partial charge in [0.1, 0.15) is 5.75 Å². The van der Waals surface area contributed by atoms with E-state index in [0.717, 1.165) is 44.1 Å². The van der Waals surface area contributed by atoms with Gasteiger partial charge >= 0.3 is 0 Å². The summed E-state index contributed by atoms with van der Waals surface area (Å²) in [5.74, 6) is 0.796. The zero-order chi connectivity index (χ0) is 13.8. The zero-order valence-corrected chi connectivity index (χ0v) is 11.7. The monoisotopic (exact) mass is 274 g/mol. The van der Waals surface area contributed by atoms with Crippen LogP contribution < -0.4 is 15.4 Å². The molecule has 2 fully saturated rings. The van der Waals surface area contributed by atoms with Crippen molar-refractivity contribution in [3.05, 3.63) is 29.8 Å². The van der Waals surface area contributed by atoms with Crippen molar-refractivity contribution in [2.24, 2.45) is 0 Å². The van der Waals surface area contributed by atoms with Crippen molar-refractivity contribution >= 4 is 5.91 Å². The molecule has 2 N–H and O–H groups in total. The Morgan fingerprint density at radius 1 is 1.15 bits per heavy atom. The van der Waals surface area contributed by atoms with Crippen LogP contribution in [0.5, 0.6) is 5.75 Å². The second-order valence-corrected chi connectivity index (χ2v) is 5.69. The summed E-state index contributed by atoms with van der Waals surface area (Å²) in [5, 5.41) is 6.38. The predicted molar refractivity (Wildman–Crippen MR) is 77.6 cm³/mol. The third-order valence-corrected chi connectivity index (χ3v) is 3.86. The van der Waals surface area contributed by atoms with Crippen molar-refractivity contribution < 1.29 is 9.53 Å². The minimum absolute atomic E-state index is 0.0157. The van der Waals surface area contributed by atoms with Crippen molar-refractivity contribution in [3.8, 4) is 5.75 Å². The molecule has 1 unspecified atom stereocenters. The molecule has 1 saturated carbocycles. The Morgan fingerprint density at radius 3 is 2.70 bits per heavy atom. The third-order valence-electron chi connectivity index (χ3n) is 3.86. The summed E-state index contributed by atoms with van der Waals surface area (Å²) in [6.07, 6.45) is 5.14. The summed E-state index contributed by atoms with van der Waals surface area (Å²) in [4.78, 5) is 11.8. The van der Waals surface area contributed by atoms with Crippen molar-refractivity contribution in [2.45, 2.75) is 50.8 Å². The summed E-state index contributed by atoms with van der Waals surface area (Å²) in [6, 6.07) is 8.78. The van der Waals surface area contributed by atoms with Crippen molar-refractivity contribution in [1.82, 2.24) is 10.6 Å². The van der Waals surface area contributed by atoms with Gasteiger partial charge in [0, 0.05) is 19.1 Å². The molecule has 0 bridgehead atoms. The molecule has 1 aromatic rings. The van der Waals surface area contributed by atoms with Crippen molar-refractivity contribution in [1.29, 1.82) is 0 Å². The van der Waals surface area contributed by atoms with Crippen LogP contribution in [0.2, 0.25) is 0 Å². The van der Waals surface area contributed by atoms with E-state index in [1.165, 1.54) is 18.4 Å². The van der Waals surface area contributed by atoms with E-state index in [1.807, 2.05) is 12.1 Å². The molecular formula is C16H22N2O2. The molecule has 20 heavy (non-hydrogen) atoms. The molecule has 108 valence electrons. The Kier molecular flexibility index (Phi) is 4.21. The molecule has 2 aliphatic rings. The third kappa shape index (κ3) is 3.73. The van der Waals surface area contributed by atoms with E-state index in [1.54, 1.807) is 0 Å². The van der Waals surface area contributed by atoms with Gasteiger partial charge in [-0.05, 0) is 49.8 Å². The lowest BCUT2D eigenvalue weighted by molar-refractivity contribution is -0.127. The molecule has 1 saturated heterocycles. The normalized spacial score (nSPS) is 23.0. The molecule has 1 aliphatic heterocycles. The molecule has 1 heterocycles. The van der Waals surface area contributed by atoms with Gasteiger partial charge in [-0.15, -0.1) is 0 Å². The highest BCUT2D eigenvalue weighted by molar-refractivity contribution is 5.81. The molecule has 1 aromatic carbocycles. The lowest BCUT2D eigenvalue weighted by atomic mass is 10.1. The molecule has 0 spiro atoms. The van der Waals surface area contributed by atoms with Crippen molar-refractivity contribution in [3.63, 3.8) is 0 Å². The maximum Gasteiger partial charge on any atom is 0.261 e. The van der Waals surface area contributed by atoms with E-state index >= 15 is 0 Å². The van der Waals surface area contributed by atoms with E-state index in [2.05, 4.69) is 22.8 Å². The predicted octanol–water partition coefficient (Wildman–Crippen LogP) is 1.99. The van der Waals surface area contributed by atoms with Crippen molar-refractivity contribution in [2.75, 3.05) is 6.54 Å². The standard InChI is InChI=1S/C16H22N2O2/c19-16-15(3-1-2-10-17-16)20-14-8-4-12(5-9-14)11-18-13-6-7-13/h4-5,8-9,13,15,18H,1-3,6-7,10-11H2,(H,17,19). The topological polar surface area (TPSA) is 50.4 Å². The Hall–Kier alpha value is -1.55. The number of carbonyl (C=O) groups is 1. The number of ether oxygens (including phenoxy) is 1. The van der Waals surface area contributed by atoms with Gasteiger partial charge in [-0.2, -0.15) is 0 Å². The van der Waals surface area contributed by atoms with E-state index in [-0.39, 0.29) is 12.0 Å². The highest BCUT2D eigenvalue weighted by Crippen LogP contribution is 2.20. The Balaban J connectivity index is 1.54. The van der Waals surface area contributed by atoms with Crippen LogP contribution in [0.25, 0.3) is 0 Å². The van der Waals surface area contributed by atoms with Crippen LogP contribution in [0.1, 0.15) is 37.7 Å². The van der Waals surface area contributed by atoms with Crippen LogP contribution in [0.4, 0.5) is 0 Å². The molecule has 4 heteroatoms. The molecule has 1 aliphatic carbocycles. The summed E-state index contributed by atoms with van der Waals surface area (Å²) in [7, 11) is 0. The molecule has 4 nitrogen and oxygen atoms in total. The molecular weight excluding hydrogens is 252 g/mol. The van der Waals surface area contributed by atoms with Gasteiger partial charge in [0.15, 0.2) is 6.10 Å². The van der Waals surface area contributed by atoms with Gasteiger partial charge in [0.25, 0.3) is 5.91 Å². The zero-order valence-electron chi connectivity index (χ0n) is 11.7. The molecule has 0 aromatic heterocycles. The average molecular weight is 274 g/mol. The maximum atomic E-state index is 11.8. The summed E-state index contributed by atoms with van der Waals surface area (Å²) in [5.41, 5.74) is 1.26. The fourth-order valence-corrected chi connectivity index (χ4v) is 2.42. The number of hydrogen-bond donors (Lipinski definition) is 2. The van der Waals surface area contributed by atoms with Crippen LogP contribution in [-0.2, 0) is 11.3 Å². The van der Waals surface area contributed by atoms with Gasteiger partial charge in [0.05, 0.1) is 0 Å². The summed E-state index contributed by atoms with van der Waals surface area (Å²) in [6.45, 7) is 1.68. The number of rotatable bonds is 5. The number of amides is 1. The Labute approximate surface area is 119 Å². The van der Waals surface area contributed by atoms with E-state index in [0.29, 0.717) is 0 Å². The average Bonchev–Trinajstić information content (AvgIpc) is 3.29. The second kappa shape index (κ2) is 6.27. The highest BCUT2D eigenvalue weighted by atomic mass is 16.5. The SMILES string of the molecule is O=C1NCCCCC1Oc1ccc(CNC2CC2)cc1. The van der Waals surface area contributed by atoms with Crippen LogP contribution in [0.3, 0.4) is 0 Å². The largest absolute Gasteiger partial charge is 0.481 e. The van der Waals surface area contributed by atoms with E-state index in [4.69, 9.17) is 4.74 Å². The molecule has 1 amide bonds. The minimum Gasteiger partial charge on any atom is -0.481 e. The lowest BCUT2D eigenvalue weighted by Crippen LogP contribution is -2.36. The van der Waals surface area contributed by atoms with Crippen LogP contribution in [0.15, 0.2) is 24.3 Å². The molecule has 1 atom stereocenters. The first-order valence-corrected chi connectivity index (χ1v) is 7.58. The smallest absolute Gasteiger partial charge is 0.261 e. The number of hydrogen-bond acceptors (Lipinski definition) is 3.